The molecule has 0 spiro atoms. The van der Waals surface area contributed by atoms with Crippen LogP contribution in [0.25, 0.3) is 0 Å². The van der Waals surface area contributed by atoms with Crippen molar-refractivity contribution >= 4 is 39.7 Å². The minimum absolute atomic E-state index is 0.0541. The SMILES string of the molecule is CCNC(=O)c1sc(N2CCCC(C)C2)c(SC)c1N. The average molecular weight is 313 g/mol. The number of hydrogen-bond acceptors (Lipinski definition) is 5. The van der Waals surface area contributed by atoms with Gasteiger partial charge in [-0.1, -0.05) is 6.92 Å². The highest BCUT2D eigenvalue weighted by atomic mass is 32.2. The molecule has 4 nitrogen and oxygen atoms in total. The molecule has 1 unspecified atom stereocenters. The number of thiophene rings is 1. The summed E-state index contributed by atoms with van der Waals surface area (Å²) in [4.78, 5) is 16.2. The van der Waals surface area contributed by atoms with Gasteiger partial charge in [-0.3, -0.25) is 4.79 Å². The van der Waals surface area contributed by atoms with Crippen molar-refractivity contribution in [2.75, 3.05) is 36.5 Å². The Labute approximate surface area is 129 Å². The summed E-state index contributed by atoms with van der Waals surface area (Å²) in [5, 5.41) is 4.01. The molecule has 2 heterocycles. The van der Waals surface area contributed by atoms with Gasteiger partial charge in [0.25, 0.3) is 5.91 Å². The third-order valence-electron chi connectivity index (χ3n) is 3.57. The van der Waals surface area contributed by atoms with E-state index in [-0.39, 0.29) is 5.91 Å². The van der Waals surface area contributed by atoms with Crippen molar-refractivity contribution in [1.82, 2.24) is 5.32 Å². The van der Waals surface area contributed by atoms with E-state index in [4.69, 9.17) is 5.73 Å². The molecule has 1 aromatic heterocycles. The first-order chi connectivity index (χ1) is 9.58. The number of nitrogen functional groups attached to an aromatic ring is 1. The number of carbonyl (C=O) groups is 1. The fourth-order valence-electron chi connectivity index (χ4n) is 2.61. The zero-order valence-corrected chi connectivity index (χ0v) is 14.0. The second-order valence-corrected chi connectivity index (χ2v) is 7.05. The van der Waals surface area contributed by atoms with Crippen LogP contribution in [0, 0.1) is 5.92 Å². The number of thioether (sulfide) groups is 1. The summed E-state index contributed by atoms with van der Waals surface area (Å²) in [6, 6.07) is 0. The van der Waals surface area contributed by atoms with Crippen LogP contribution in [-0.2, 0) is 0 Å². The molecule has 1 fully saturated rings. The second kappa shape index (κ2) is 6.72. The summed E-state index contributed by atoms with van der Waals surface area (Å²) in [7, 11) is 0. The lowest BCUT2D eigenvalue weighted by atomic mass is 10.0. The van der Waals surface area contributed by atoms with E-state index in [0.29, 0.717) is 23.0 Å². The van der Waals surface area contributed by atoms with E-state index in [1.54, 1.807) is 11.8 Å². The van der Waals surface area contributed by atoms with Gasteiger partial charge < -0.3 is 16.0 Å². The van der Waals surface area contributed by atoms with E-state index < -0.39 is 0 Å². The normalized spacial score (nSPS) is 19.1. The third kappa shape index (κ3) is 3.06. The number of carbonyl (C=O) groups excluding carboxylic acids is 1. The minimum atomic E-state index is -0.0541. The maximum atomic E-state index is 12.1. The largest absolute Gasteiger partial charge is 0.396 e. The number of nitrogens with zero attached hydrogens (tertiary/aromatic N) is 1. The predicted molar refractivity (Wildman–Crippen MR) is 89.1 cm³/mol. The highest BCUT2D eigenvalue weighted by molar-refractivity contribution is 7.99. The van der Waals surface area contributed by atoms with Crippen molar-refractivity contribution in [3.05, 3.63) is 4.88 Å². The highest BCUT2D eigenvalue weighted by Crippen LogP contribution is 2.44. The lowest BCUT2D eigenvalue weighted by Crippen LogP contribution is -2.33. The maximum Gasteiger partial charge on any atom is 0.263 e. The van der Waals surface area contributed by atoms with E-state index in [1.165, 1.54) is 29.2 Å². The molecule has 0 aromatic carbocycles. The van der Waals surface area contributed by atoms with Crippen LogP contribution in [0.15, 0.2) is 4.90 Å². The molecule has 0 aliphatic carbocycles. The van der Waals surface area contributed by atoms with Crippen molar-refractivity contribution in [2.24, 2.45) is 5.92 Å². The summed E-state index contributed by atoms with van der Waals surface area (Å²) in [5.41, 5.74) is 6.83. The zero-order valence-electron chi connectivity index (χ0n) is 12.4. The zero-order chi connectivity index (χ0) is 14.7. The van der Waals surface area contributed by atoms with E-state index in [9.17, 15) is 4.79 Å². The Morgan fingerprint density at radius 1 is 1.60 bits per heavy atom. The lowest BCUT2D eigenvalue weighted by Gasteiger charge is -2.32. The monoisotopic (exact) mass is 313 g/mol. The summed E-state index contributed by atoms with van der Waals surface area (Å²) < 4.78 is 0. The molecular formula is C14H23N3OS2. The number of amides is 1. The van der Waals surface area contributed by atoms with Gasteiger partial charge in [0.2, 0.25) is 0 Å². The lowest BCUT2D eigenvalue weighted by molar-refractivity contribution is 0.0960. The number of anilines is 2. The van der Waals surface area contributed by atoms with Crippen LogP contribution >= 0.6 is 23.1 Å². The molecule has 112 valence electrons. The Hall–Kier alpha value is -0.880. The standard InChI is InChI=1S/C14H23N3OS2/c1-4-16-13(18)11-10(15)12(19-3)14(20-11)17-7-5-6-9(2)8-17/h9H,4-8,15H2,1-3H3,(H,16,18). The first kappa shape index (κ1) is 15.5. The van der Waals surface area contributed by atoms with Crippen LogP contribution in [0.2, 0.25) is 0 Å². The van der Waals surface area contributed by atoms with Crippen molar-refractivity contribution < 1.29 is 4.79 Å². The Kier molecular flexibility index (Phi) is 5.21. The molecule has 6 heteroatoms. The Morgan fingerprint density at radius 2 is 2.35 bits per heavy atom. The van der Waals surface area contributed by atoms with Crippen molar-refractivity contribution in [1.29, 1.82) is 0 Å². The molecule has 1 aliphatic rings. The van der Waals surface area contributed by atoms with E-state index in [0.717, 1.165) is 18.0 Å². The molecule has 2 rings (SSSR count). The quantitative estimate of drug-likeness (QED) is 0.839. The molecule has 0 radical (unpaired) electrons. The van der Waals surface area contributed by atoms with Gasteiger partial charge in [0.1, 0.15) is 9.88 Å². The first-order valence-electron chi connectivity index (χ1n) is 7.07. The summed E-state index contributed by atoms with van der Waals surface area (Å²) in [6.45, 7) is 6.95. The first-order valence-corrected chi connectivity index (χ1v) is 9.12. The molecule has 0 bridgehead atoms. The summed E-state index contributed by atoms with van der Waals surface area (Å²) in [6.07, 6.45) is 4.52. The Morgan fingerprint density at radius 3 is 2.95 bits per heavy atom. The van der Waals surface area contributed by atoms with Crippen molar-refractivity contribution in [2.45, 2.75) is 31.6 Å². The van der Waals surface area contributed by atoms with Crippen LogP contribution < -0.4 is 16.0 Å². The van der Waals surface area contributed by atoms with Gasteiger partial charge in [0, 0.05) is 19.6 Å². The van der Waals surface area contributed by atoms with Gasteiger partial charge in [0.05, 0.1) is 10.6 Å². The summed E-state index contributed by atoms with van der Waals surface area (Å²) >= 11 is 3.17. The third-order valence-corrected chi connectivity index (χ3v) is 5.79. The second-order valence-electron chi connectivity index (χ2n) is 5.24. The van der Waals surface area contributed by atoms with Gasteiger partial charge in [-0.05, 0) is 31.9 Å². The maximum absolute atomic E-state index is 12.1. The van der Waals surface area contributed by atoms with Gasteiger partial charge in [-0.25, -0.2) is 0 Å². The fraction of sp³-hybridized carbons (Fsp3) is 0.643. The number of nitrogens with one attached hydrogen (secondary N) is 1. The molecule has 3 N–H and O–H groups in total. The van der Waals surface area contributed by atoms with Gasteiger partial charge in [-0.15, -0.1) is 23.1 Å². The number of hydrogen-bond donors (Lipinski definition) is 2. The molecule has 1 aliphatic heterocycles. The van der Waals surface area contributed by atoms with Crippen molar-refractivity contribution in [3.63, 3.8) is 0 Å². The molecule has 1 saturated heterocycles. The molecule has 1 aromatic rings. The van der Waals surface area contributed by atoms with Crippen LogP contribution in [0.5, 0.6) is 0 Å². The predicted octanol–water partition coefficient (Wildman–Crippen LogP) is 3.04. The minimum Gasteiger partial charge on any atom is -0.396 e. The fourth-order valence-corrected chi connectivity index (χ4v) is 4.74. The van der Waals surface area contributed by atoms with Gasteiger partial charge >= 0.3 is 0 Å². The average Bonchev–Trinajstić information content (AvgIpc) is 2.76. The topological polar surface area (TPSA) is 58.4 Å². The van der Waals surface area contributed by atoms with E-state index in [1.807, 2.05) is 13.2 Å². The Bertz CT molecular complexity index is 487. The molecule has 1 amide bonds. The van der Waals surface area contributed by atoms with Gasteiger partial charge in [0.15, 0.2) is 0 Å². The van der Waals surface area contributed by atoms with Crippen LogP contribution in [0.1, 0.15) is 36.4 Å². The molecular weight excluding hydrogens is 290 g/mol. The summed E-state index contributed by atoms with van der Waals surface area (Å²) in [5.74, 6) is 0.649. The molecule has 0 saturated carbocycles. The number of piperidine rings is 1. The molecule has 20 heavy (non-hydrogen) atoms. The van der Waals surface area contributed by atoms with Gasteiger partial charge in [-0.2, -0.15) is 0 Å². The smallest absolute Gasteiger partial charge is 0.263 e. The van der Waals surface area contributed by atoms with E-state index >= 15 is 0 Å². The van der Waals surface area contributed by atoms with E-state index in [2.05, 4.69) is 17.1 Å². The number of rotatable bonds is 4. The number of nitrogens with two attached hydrogens (primary N) is 1. The Balaban J connectivity index is 2.32. The molecule has 1 atom stereocenters. The van der Waals surface area contributed by atoms with Crippen LogP contribution in [0.4, 0.5) is 10.7 Å². The van der Waals surface area contributed by atoms with Crippen LogP contribution in [0.3, 0.4) is 0 Å². The van der Waals surface area contributed by atoms with Crippen LogP contribution in [-0.4, -0.2) is 31.8 Å². The highest BCUT2D eigenvalue weighted by Gasteiger charge is 2.26. The van der Waals surface area contributed by atoms with Crippen molar-refractivity contribution in [3.8, 4) is 0 Å².